The lowest BCUT2D eigenvalue weighted by Crippen LogP contribution is -2.22. The van der Waals surface area contributed by atoms with Crippen LogP contribution in [0.1, 0.15) is 31.4 Å². The van der Waals surface area contributed by atoms with Gasteiger partial charge in [-0.3, -0.25) is 4.79 Å². The molecule has 0 bridgehead atoms. The summed E-state index contributed by atoms with van der Waals surface area (Å²) in [6.45, 7) is 5.54. The SMILES string of the molecule is CCOc1ccc(CCC(=O)NCc2ccc(Cl)cc2)cc1OCC. The molecule has 5 heteroatoms. The second-order valence-corrected chi connectivity index (χ2v) is 5.99. The van der Waals surface area contributed by atoms with E-state index in [1.54, 1.807) is 0 Å². The monoisotopic (exact) mass is 361 g/mol. The molecule has 4 nitrogen and oxygen atoms in total. The minimum Gasteiger partial charge on any atom is -0.490 e. The molecule has 0 fully saturated rings. The molecule has 2 aromatic carbocycles. The maximum absolute atomic E-state index is 12.0. The quantitative estimate of drug-likeness (QED) is 0.720. The van der Waals surface area contributed by atoms with Crippen LogP contribution in [-0.2, 0) is 17.8 Å². The van der Waals surface area contributed by atoms with Crippen LogP contribution < -0.4 is 14.8 Å². The van der Waals surface area contributed by atoms with Crippen LogP contribution in [0.2, 0.25) is 5.02 Å². The van der Waals surface area contributed by atoms with Crippen molar-refractivity contribution in [2.24, 2.45) is 0 Å². The van der Waals surface area contributed by atoms with Gasteiger partial charge in [0.15, 0.2) is 11.5 Å². The second kappa shape index (κ2) is 9.94. The highest BCUT2D eigenvalue weighted by atomic mass is 35.5. The minimum atomic E-state index is 0.0156. The number of amides is 1. The number of rotatable bonds is 9. The van der Waals surface area contributed by atoms with E-state index in [4.69, 9.17) is 21.1 Å². The largest absolute Gasteiger partial charge is 0.490 e. The fraction of sp³-hybridized carbons (Fsp3) is 0.350. The van der Waals surface area contributed by atoms with E-state index in [9.17, 15) is 4.79 Å². The molecule has 0 saturated heterocycles. The summed E-state index contributed by atoms with van der Waals surface area (Å²) in [5.41, 5.74) is 2.07. The zero-order valence-corrected chi connectivity index (χ0v) is 15.4. The van der Waals surface area contributed by atoms with E-state index in [2.05, 4.69) is 5.32 Å². The molecule has 25 heavy (non-hydrogen) atoms. The lowest BCUT2D eigenvalue weighted by atomic mass is 10.1. The molecular formula is C20H24ClNO3. The molecule has 0 aliphatic rings. The van der Waals surface area contributed by atoms with Crippen molar-refractivity contribution >= 4 is 17.5 Å². The summed E-state index contributed by atoms with van der Waals surface area (Å²) in [4.78, 5) is 12.0. The van der Waals surface area contributed by atoms with Crippen LogP contribution in [0.25, 0.3) is 0 Å². The van der Waals surface area contributed by atoms with Crippen molar-refractivity contribution in [2.45, 2.75) is 33.2 Å². The summed E-state index contributed by atoms with van der Waals surface area (Å²) in [5, 5.41) is 3.61. The van der Waals surface area contributed by atoms with Crippen LogP contribution in [0.15, 0.2) is 42.5 Å². The van der Waals surface area contributed by atoms with E-state index in [-0.39, 0.29) is 5.91 Å². The Bertz CT molecular complexity index is 686. The van der Waals surface area contributed by atoms with Crippen molar-refractivity contribution in [3.8, 4) is 11.5 Å². The van der Waals surface area contributed by atoms with Crippen LogP contribution in [0.4, 0.5) is 0 Å². The van der Waals surface area contributed by atoms with Crippen LogP contribution in [0.3, 0.4) is 0 Å². The highest BCUT2D eigenvalue weighted by molar-refractivity contribution is 6.30. The molecular weight excluding hydrogens is 338 g/mol. The van der Waals surface area contributed by atoms with Gasteiger partial charge in [-0.25, -0.2) is 0 Å². The van der Waals surface area contributed by atoms with Gasteiger partial charge < -0.3 is 14.8 Å². The summed E-state index contributed by atoms with van der Waals surface area (Å²) >= 11 is 5.85. The van der Waals surface area contributed by atoms with Gasteiger partial charge in [0.25, 0.3) is 0 Å². The van der Waals surface area contributed by atoms with Crippen molar-refractivity contribution in [2.75, 3.05) is 13.2 Å². The molecule has 0 radical (unpaired) electrons. The smallest absolute Gasteiger partial charge is 0.220 e. The number of benzene rings is 2. The average molecular weight is 362 g/mol. The van der Waals surface area contributed by atoms with Gasteiger partial charge >= 0.3 is 0 Å². The normalized spacial score (nSPS) is 10.4. The zero-order valence-electron chi connectivity index (χ0n) is 14.7. The standard InChI is InChI=1S/C20H24ClNO3/c1-3-24-18-11-7-15(13-19(18)25-4-2)8-12-20(23)22-14-16-5-9-17(21)10-6-16/h5-7,9-11,13H,3-4,8,12,14H2,1-2H3,(H,22,23). The number of hydrogen-bond acceptors (Lipinski definition) is 3. The van der Waals surface area contributed by atoms with Gasteiger partial charge in [-0.2, -0.15) is 0 Å². The van der Waals surface area contributed by atoms with Crippen molar-refractivity contribution in [1.29, 1.82) is 0 Å². The topological polar surface area (TPSA) is 47.6 Å². The second-order valence-electron chi connectivity index (χ2n) is 5.55. The minimum absolute atomic E-state index is 0.0156. The lowest BCUT2D eigenvalue weighted by Gasteiger charge is -2.12. The number of ether oxygens (including phenoxy) is 2. The number of aryl methyl sites for hydroxylation is 1. The molecule has 0 heterocycles. The zero-order chi connectivity index (χ0) is 18.1. The van der Waals surface area contributed by atoms with E-state index in [1.807, 2.05) is 56.3 Å². The Balaban J connectivity index is 1.86. The molecule has 0 spiro atoms. The summed E-state index contributed by atoms with van der Waals surface area (Å²) in [7, 11) is 0. The molecule has 0 unspecified atom stereocenters. The Morgan fingerprint density at radius 2 is 1.60 bits per heavy atom. The first-order valence-electron chi connectivity index (χ1n) is 8.52. The maximum Gasteiger partial charge on any atom is 0.220 e. The van der Waals surface area contributed by atoms with Crippen molar-refractivity contribution < 1.29 is 14.3 Å². The molecule has 0 saturated carbocycles. The fourth-order valence-electron chi connectivity index (χ4n) is 2.40. The van der Waals surface area contributed by atoms with E-state index in [1.165, 1.54) is 0 Å². The van der Waals surface area contributed by atoms with Gasteiger partial charge in [0, 0.05) is 18.0 Å². The van der Waals surface area contributed by atoms with E-state index < -0.39 is 0 Å². The Kier molecular flexibility index (Phi) is 7.61. The third kappa shape index (κ3) is 6.31. The summed E-state index contributed by atoms with van der Waals surface area (Å²) < 4.78 is 11.2. The van der Waals surface area contributed by atoms with Gasteiger partial charge in [0.1, 0.15) is 0 Å². The van der Waals surface area contributed by atoms with Gasteiger partial charge in [0.05, 0.1) is 13.2 Å². The van der Waals surface area contributed by atoms with Crippen LogP contribution in [-0.4, -0.2) is 19.1 Å². The molecule has 1 N–H and O–H groups in total. The number of nitrogens with one attached hydrogen (secondary N) is 1. The molecule has 134 valence electrons. The molecule has 2 rings (SSSR count). The highest BCUT2D eigenvalue weighted by Crippen LogP contribution is 2.29. The summed E-state index contributed by atoms with van der Waals surface area (Å²) in [5.74, 6) is 1.48. The Morgan fingerprint density at radius 3 is 2.28 bits per heavy atom. The number of carbonyl (C=O) groups is 1. The number of carbonyl (C=O) groups excluding carboxylic acids is 1. The first kappa shape index (κ1) is 19.1. The summed E-state index contributed by atoms with van der Waals surface area (Å²) in [6, 6.07) is 13.3. The maximum atomic E-state index is 12.0. The van der Waals surface area contributed by atoms with Gasteiger partial charge in [-0.05, 0) is 55.7 Å². The molecule has 0 aliphatic carbocycles. The lowest BCUT2D eigenvalue weighted by molar-refractivity contribution is -0.121. The molecule has 0 aromatic heterocycles. The van der Waals surface area contributed by atoms with Crippen molar-refractivity contribution in [1.82, 2.24) is 5.32 Å². The predicted octanol–water partition coefficient (Wildman–Crippen LogP) is 4.39. The molecule has 0 aliphatic heterocycles. The first-order chi connectivity index (χ1) is 12.1. The Labute approximate surface area is 154 Å². The third-order valence-electron chi connectivity index (χ3n) is 3.65. The summed E-state index contributed by atoms with van der Waals surface area (Å²) in [6.07, 6.45) is 1.08. The third-order valence-corrected chi connectivity index (χ3v) is 3.90. The molecule has 2 aromatic rings. The first-order valence-corrected chi connectivity index (χ1v) is 8.89. The highest BCUT2D eigenvalue weighted by Gasteiger charge is 2.08. The van der Waals surface area contributed by atoms with Crippen LogP contribution in [0, 0.1) is 0 Å². The number of hydrogen-bond donors (Lipinski definition) is 1. The predicted molar refractivity (Wildman–Crippen MR) is 100 cm³/mol. The van der Waals surface area contributed by atoms with E-state index in [0.717, 1.165) is 22.6 Å². The van der Waals surface area contributed by atoms with Crippen molar-refractivity contribution in [3.05, 3.63) is 58.6 Å². The van der Waals surface area contributed by atoms with Crippen LogP contribution in [0.5, 0.6) is 11.5 Å². The van der Waals surface area contributed by atoms with E-state index in [0.29, 0.717) is 37.6 Å². The number of halogens is 1. The molecule has 1 amide bonds. The Hall–Kier alpha value is -2.20. The average Bonchev–Trinajstić information content (AvgIpc) is 2.62. The van der Waals surface area contributed by atoms with E-state index >= 15 is 0 Å². The van der Waals surface area contributed by atoms with Gasteiger partial charge in [0.2, 0.25) is 5.91 Å². The van der Waals surface area contributed by atoms with Crippen LogP contribution >= 0.6 is 11.6 Å². The van der Waals surface area contributed by atoms with Crippen molar-refractivity contribution in [3.63, 3.8) is 0 Å². The Morgan fingerprint density at radius 1 is 0.960 bits per heavy atom. The fourth-order valence-corrected chi connectivity index (χ4v) is 2.53. The molecule has 0 atom stereocenters. The van der Waals surface area contributed by atoms with Gasteiger partial charge in [-0.1, -0.05) is 29.8 Å². The van der Waals surface area contributed by atoms with Gasteiger partial charge in [-0.15, -0.1) is 0 Å².